The summed E-state index contributed by atoms with van der Waals surface area (Å²) in [7, 11) is -3.59. The number of anilines is 1. The van der Waals surface area contributed by atoms with Crippen LogP contribution in [0.2, 0.25) is 0 Å². The average Bonchev–Trinajstić information content (AvgIpc) is 3.27. The van der Waals surface area contributed by atoms with Crippen LogP contribution in [-0.4, -0.2) is 49.0 Å². The maximum Gasteiger partial charge on any atom is 0.265 e. The molecule has 202 valence electrons. The van der Waals surface area contributed by atoms with Crippen LogP contribution in [0.1, 0.15) is 40.1 Å². The number of sulfonamides is 1. The van der Waals surface area contributed by atoms with Gasteiger partial charge in [0.1, 0.15) is 17.3 Å². The van der Waals surface area contributed by atoms with E-state index in [2.05, 4.69) is 4.72 Å². The summed E-state index contributed by atoms with van der Waals surface area (Å²) in [4.78, 5) is 27.8. The quantitative estimate of drug-likeness (QED) is 0.362. The van der Waals surface area contributed by atoms with Crippen LogP contribution in [0.15, 0.2) is 60.7 Å². The lowest BCUT2D eigenvalue weighted by Gasteiger charge is -2.27. The molecule has 5 rings (SSSR count). The topological polar surface area (TPSA) is 114 Å². The summed E-state index contributed by atoms with van der Waals surface area (Å²) in [5.41, 5.74) is 7.44. The number of benzene rings is 3. The number of rotatable bonds is 6. The zero-order valence-corrected chi connectivity index (χ0v) is 21.9. The molecule has 1 saturated heterocycles. The first-order chi connectivity index (χ1) is 18.5. The highest BCUT2D eigenvalue weighted by Gasteiger charge is 2.23. The van der Waals surface area contributed by atoms with Crippen molar-refractivity contribution in [2.24, 2.45) is 5.73 Å². The maximum atomic E-state index is 14.9. The Hall–Kier alpha value is -4.25. The van der Waals surface area contributed by atoms with E-state index in [1.54, 1.807) is 47.4 Å². The highest BCUT2D eigenvalue weighted by molar-refractivity contribution is 7.92. The second-order valence-corrected chi connectivity index (χ2v) is 11.4. The summed E-state index contributed by atoms with van der Waals surface area (Å²) in [5.74, 6) is -2.56. The number of halogens is 2. The second kappa shape index (κ2) is 10.1. The molecule has 39 heavy (non-hydrogen) atoms. The van der Waals surface area contributed by atoms with Gasteiger partial charge < -0.3 is 15.2 Å². The van der Waals surface area contributed by atoms with Crippen molar-refractivity contribution >= 4 is 38.4 Å². The molecule has 3 aromatic carbocycles. The zero-order valence-electron chi connectivity index (χ0n) is 21.1. The molecule has 0 unspecified atom stereocenters. The first kappa shape index (κ1) is 26.4. The largest absolute Gasteiger partial charge is 0.364 e. The first-order valence-corrected chi connectivity index (χ1v) is 14.2. The van der Waals surface area contributed by atoms with Crippen LogP contribution >= 0.6 is 0 Å². The van der Waals surface area contributed by atoms with Crippen LogP contribution in [0.25, 0.3) is 27.7 Å². The van der Waals surface area contributed by atoms with Crippen molar-refractivity contribution in [3.63, 3.8) is 0 Å². The fraction of sp³-hybridized carbons (Fsp3) is 0.214. The third-order valence-corrected chi connectivity index (χ3v) is 7.27. The normalized spacial score (nSPS) is 14.0. The summed E-state index contributed by atoms with van der Waals surface area (Å²) < 4.78 is 56.2. The number of piperidine rings is 1. The maximum absolute atomic E-state index is 14.9. The number of nitrogens with zero attached hydrogens (tertiary/aromatic N) is 2. The van der Waals surface area contributed by atoms with E-state index < -0.39 is 27.6 Å². The Balaban J connectivity index is 1.76. The lowest BCUT2D eigenvalue weighted by atomic mass is 9.99. The number of aromatic nitrogens is 1. The Kier molecular flexibility index (Phi) is 6.85. The number of nitrogens with one attached hydrogen (secondary N) is 1. The molecule has 1 aromatic heterocycles. The number of primary amides is 1. The molecule has 0 radical (unpaired) electrons. The van der Waals surface area contributed by atoms with Crippen molar-refractivity contribution in [1.82, 2.24) is 9.47 Å². The molecular formula is C28H26F2N4O4S. The lowest BCUT2D eigenvalue weighted by molar-refractivity contribution is 0.0724. The first-order valence-electron chi connectivity index (χ1n) is 12.3. The number of amides is 2. The van der Waals surface area contributed by atoms with Crippen LogP contribution in [0.5, 0.6) is 0 Å². The number of nitrogens with two attached hydrogens (primary N) is 1. The van der Waals surface area contributed by atoms with Gasteiger partial charge >= 0.3 is 0 Å². The Morgan fingerprint density at radius 1 is 0.923 bits per heavy atom. The van der Waals surface area contributed by atoms with E-state index in [1.165, 1.54) is 10.6 Å². The number of hydrogen-bond acceptors (Lipinski definition) is 4. The van der Waals surface area contributed by atoms with Crippen LogP contribution < -0.4 is 10.5 Å². The van der Waals surface area contributed by atoms with Crippen molar-refractivity contribution in [1.29, 1.82) is 0 Å². The van der Waals surface area contributed by atoms with Gasteiger partial charge in [-0.3, -0.25) is 14.3 Å². The summed E-state index contributed by atoms with van der Waals surface area (Å²) in [6, 6.07) is 14.2. The van der Waals surface area contributed by atoms with Gasteiger partial charge in [0.2, 0.25) is 10.0 Å². The van der Waals surface area contributed by atoms with Crippen molar-refractivity contribution in [2.45, 2.75) is 19.3 Å². The molecule has 0 atom stereocenters. The third-order valence-electron chi connectivity index (χ3n) is 6.67. The number of carbonyl (C=O) groups excluding carboxylic acids is 2. The predicted octanol–water partition coefficient (Wildman–Crippen LogP) is 4.67. The van der Waals surface area contributed by atoms with Gasteiger partial charge in [0.05, 0.1) is 17.5 Å². The molecule has 0 saturated carbocycles. The molecule has 1 fully saturated rings. The van der Waals surface area contributed by atoms with Gasteiger partial charge in [-0.15, -0.1) is 0 Å². The van der Waals surface area contributed by atoms with Gasteiger partial charge in [-0.25, -0.2) is 17.2 Å². The van der Waals surface area contributed by atoms with Gasteiger partial charge in [0, 0.05) is 41.4 Å². The molecule has 3 N–H and O–H groups in total. The molecule has 11 heteroatoms. The Labute approximate surface area is 224 Å². The third kappa shape index (κ3) is 5.49. The monoisotopic (exact) mass is 552 g/mol. The fourth-order valence-corrected chi connectivity index (χ4v) is 5.52. The predicted molar refractivity (Wildman–Crippen MR) is 145 cm³/mol. The molecule has 4 aromatic rings. The molecule has 8 nitrogen and oxygen atoms in total. The van der Waals surface area contributed by atoms with E-state index in [-0.39, 0.29) is 28.4 Å². The van der Waals surface area contributed by atoms with Crippen LogP contribution in [0.4, 0.5) is 14.5 Å². The molecule has 2 amide bonds. The molecule has 0 bridgehead atoms. The van der Waals surface area contributed by atoms with Gasteiger partial charge in [-0.05, 0) is 73.4 Å². The Bertz CT molecular complexity index is 1730. The minimum atomic E-state index is -3.59. The number of fused-ring (bicyclic) bond motifs is 1. The Morgan fingerprint density at radius 2 is 1.67 bits per heavy atom. The number of likely N-dealkylation sites (tertiary alicyclic amines) is 1. The van der Waals surface area contributed by atoms with Crippen LogP contribution in [-0.2, 0) is 10.0 Å². The van der Waals surface area contributed by atoms with E-state index in [0.29, 0.717) is 35.2 Å². The van der Waals surface area contributed by atoms with E-state index >= 15 is 0 Å². The second-order valence-electron chi connectivity index (χ2n) is 9.62. The van der Waals surface area contributed by atoms with Crippen molar-refractivity contribution in [2.75, 3.05) is 24.1 Å². The summed E-state index contributed by atoms with van der Waals surface area (Å²) in [6.45, 7) is 1.17. The van der Waals surface area contributed by atoms with Gasteiger partial charge in [0.15, 0.2) is 0 Å². The minimum absolute atomic E-state index is 0.0717. The summed E-state index contributed by atoms with van der Waals surface area (Å²) in [6.07, 6.45) is 3.78. The number of carbonyl (C=O) groups is 2. The van der Waals surface area contributed by atoms with Gasteiger partial charge in [0.25, 0.3) is 11.8 Å². The molecule has 0 spiro atoms. The van der Waals surface area contributed by atoms with E-state index in [0.717, 1.165) is 37.7 Å². The Morgan fingerprint density at radius 3 is 2.33 bits per heavy atom. The van der Waals surface area contributed by atoms with Crippen molar-refractivity contribution < 1.29 is 26.8 Å². The summed E-state index contributed by atoms with van der Waals surface area (Å²) >= 11 is 0. The van der Waals surface area contributed by atoms with E-state index in [4.69, 9.17) is 5.73 Å². The van der Waals surface area contributed by atoms with Crippen LogP contribution in [0.3, 0.4) is 0 Å². The van der Waals surface area contributed by atoms with Crippen LogP contribution in [0, 0.1) is 11.6 Å². The lowest BCUT2D eigenvalue weighted by Crippen LogP contribution is -2.35. The van der Waals surface area contributed by atoms with E-state index in [9.17, 15) is 26.8 Å². The fourth-order valence-electron chi connectivity index (χ4n) is 4.96. The smallest absolute Gasteiger partial charge is 0.265 e. The molecule has 1 aliphatic heterocycles. The standard InChI is InChI=1S/C28H26F2N4O4S/c1-39(37,38)32-21-7-5-17-14-26(27(31)35)34(25(17)16-21)22-12-18(23-8-6-20(29)15-24(23)30)11-19(13-22)28(36)33-9-3-2-4-10-33/h5-8,11-16,32H,2-4,9-10H2,1H3,(H2,31,35). The molecule has 2 heterocycles. The van der Waals surface area contributed by atoms with Gasteiger partial charge in [-0.1, -0.05) is 6.07 Å². The molecule has 0 aliphatic carbocycles. The molecule has 1 aliphatic rings. The van der Waals surface area contributed by atoms with Crippen molar-refractivity contribution in [3.05, 3.63) is 83.6 Å². The summed E-state index contributed by atoms with van der Waals surface area (Å²) in [5, 5.41) is 0.588. The van der Waals surface area contributed by atoms with E-state index in [1.807, 2.05) is 0 Å². The highest BCUT2D eigenvalue weighted by Crippen LogP contribution is 2.32. The molecular weight excluding hydrogens is 526 g/mol. The minimum Gasteiger partial charge on any atom is -0.364 e. The number of hydrogen-bond donors (Lipinski definition) is 2. The highest BCUT2D eigenvalue weighted by atomic mass is 32.2. The average molecular weight is 553 g/mol. The SMILES string of the molecule is CS(=O)(=O)Nc1ccc2cc(C(N)=O)n(-c3cc(C(=O)N4CCCCC4)cc(-c4ccc(F)cc4F)c3)c2c1. The van der Waals surface area contributed by atoms with Gasteiger partial charge in [-0.2, -0.15) is 0 Å². The zero-order chi connectivity index (χ0) is 27.9. The van der Waals surface area contributed by atoms with Crippen molar-refractivity contribution in [3.8, 4) is 16.8 Å².